The second-order valence-corrected chi connectivity index (χ2v) is 5.48. The molecule has 0 saturated heterocycles. The van der Waals surface area contributed by atoms with E-state index in [1.807, 2.05) is 26.0 Å². The Balaban J connectivity index is 1.88. The predicted molar refractivity (Wildman–Crippen MR) is 77.7 cm³/mol. The topological polar surface area (TPSA) is 58.4 Å². The number of fused-ring (bicyclic) bond motifs is 1. The van der Waals surface area contributed by atoms with Crippen LogP contribution in [0.5, 0.6) is 0 Å². The van der Waals surface area contributed by atoms with Gasteiger partial charge in [-0.15, -0.1) is 0 Å². The number of nitrogens with one attached hydrogen (secondary N) is 1. The van der Waals surface area contributed by atoms with Crippen LogP contribution in [0.15, 0.2) is 18.2 Å². The van der Waals surface area contributed by atoms with Gasteiger partial charge in [0.2, 0.25) is 5.91 Å². The van der Waals surface area contributed by atoms with Gasteiger partial charge in [0.05, 0.1) is 0 Å². The highest BCUT2D eigenvalue weighted by Crippen LogP contribution is 2.24. The summed E-state index contributed by atoms with van der Waals surface area (Å²) in [6, 6.07) is 6.33. The van der Waals surface area contributed by atoms with E-state index in [1.54, 1.807) is 0 Å². The fourth-order valence-electron chi connectivity index (χ4n) is 2.51. The molecule has 0 fully saturated rings. The molecule has 1 heterocycles. The number of nitrogens with zero attached hydrogens (tertiary/aromatic N) is 1. The Morgan fingerprint density at radius 3 is 3.00 bits per heavy atom. The van der Waals surface area contributed by atoms with Gasteiger partial charge in [-0.25, -0.2) is 0 Å². The van der Waals surface area contributed by atoms with E-state index >= 15 is 0 Å². The van der Waals surface area contributed by atoms with E-state index < -0.39 is 0 Å². The standard InChI is InChI=1S/C15H23N3O/c1-11(2)17-15(19)7-9-18-8-6-12-4-3-5-14(16)13(12)10-18/h3-5,11H,6-10,16H2,1-2H3,(H,17,19). The monoisotopic (exact) mass is 261 g/mol. The summed E-state index contributed by atoms with van der Waals surface area (Å²) < 4.78 is 0. The first-order valence-electron chi connectivity index (χ1n) is 6.94. The molecular formula is C15H23N3O. The van der Waals surface area contributed by atoms with Crippen LogP contribution in [-0.4, -0.2) is 29.9 Å². The average molecular weight is 261 g/mol. The Morgan fingerprint density at radius 1 is 1.47 bits per heavy atom. The van der Waals surface area contributed by atoms with Gasteiger partial charge in [0.1, 0.15) is 0 Å². The molecule has 0 saturated carbocycles. The molecule has 1 aliphatic rings. The zero-order chi connectivity index (χ0) is 13.8. The van der Waals surface area contributed by atoms with E-state index in [9.17, 15) is 4.79 Å². The van der Waals surface area contributed by atoms with Gasteiger partial charge in [0, 0.05) is 37.8 Å². The largest absolute Gasteiger partial charge is 0.398 e. The predicted octanol–water partition coefficient (Wildman–Crippen LogP) is 1.54. The van der Waals surface area contributed by atoms with Crippen LogP contribution in [0.4, 0.5) is 5.69 Å². The maximum absolute atomic E-state index is 11.6. The SMILES string of the molecule is CC(C)NC(=O)CCN1CCc2cccc(N)c2C1. The molecule has 2 rings (SSSR count). The molecular weight excluding hydrogens is 238 g/mol. The van der Waals surface area contributed by atoms with Crippen LogP contribution in [0.1, 0.15) is 31.4 Å². The molecule has 4 nitrogen and oxygen atoms in total. The van der Waals surface area contributed by atoms with Gasteiger partial charge >= 0.3 is 0 Å². The minimum atomic E-state index is 0.127. The van der Waals surface area contributed by atoms with Crippen molar-refractivity contribution in [1.82, 2.24) is 10.2 Å². The molecule has 0 atom stereocenters. The molecule has 1 amide bonds. The van der Waals surface area contributed by atoms with E-state index in [0.717, 1.165) is 31.7 Å². The van der Waals surface area contributed by atoms with Crippen LogP contribution >= 0.6 is 0 Å². The van der Waals surface area contributed by atoms with Gasteiger partial charge in [0.15, 0.2) is 0 Å². The number of nitrogens with two attached hydrogens (primary N) is 1. The number of hydrogen-bond acceptors (Lipinski definition) is 3. The average Bonchev–Trinajstić information content (AvgIpc) is 2.36. The molecule has 0 radical (unpaired) electrons. The maximum atomic E-state index is 11.6. The summed E-state index contributed by atoms with van der Waals surface area (Å²) in [5.41, 5.74) is 9.47. The van der Waals surface area contributed by atoms with Crippen molar-refractivity contribution < 1.29 is 4.79 Å². The Hall–Kier alpha value is -1.55. The minimum absolute atomic E-state index is 0.127. The summed E-state index contributed by atoms with van der Waals surface area (Å²) in [4.78, 5) is 14.0. The van der Waals surface area contributed by atoms with Crippen molar-refractivity contribution >= 4 is 11.6 Å². The highest BCUT2D eigenvalue weighted by Gasteiger charge is 2.18. The third kappa shape index (κ3) is 3.70. The van der Waals surface area contributed by atoms with Crippen LogP contribution in [-0.2, 0) is 17.8 Å². The summed E-state index contributed by atoms with van der Waals surface area (Å²) in [6.07, 6.45) is 1.58. The van der Waals surface area contributed by atoms with Crippen molar-refractivity contribution in [2.75, 3.05) is 18.8 Å². The van der Waals surface area contributed by atoms with Crippen molar-refractivity contribution in [2.45, 2.75) is 39.3 Å². The summed E-state index contributed by atoms with van der Waals surface area (Å²) in [7, 11) is 0. The maximum Gasteiger partial charge on any atom is 0.221 e. The first-order chi connectivity index (χ1) is 9.06. The summed E-state index contributed by atoms with van der Waals surface area (Å²) >= 11 is 0. The number of carbonyl (C=O) groups is 1. The fourth-order valence-corrected chi connectivity index (χ4v) is 2.51. The number of anilines is 1. The first-order valence-corrected chi connectivity index (χ1v) is 6.94. The number of rotatable bonds is 4. The minimum Gasteiger partial charge on any atom is -0.398 e. The van der Waals surface area contributed by atoms with E-state index in [1.165, 1.54) is 11.1 Å². The highest BCUT2D eigenvalue weighted by molar-refractivity contribution is 5.76. The Labute approximate surface area is 115 Å². The van der Waals surface area contributed by atoms with Gasteiger partial charge in [-0.05, 0) is 37.5 Å². The summed E-state index contributed by atoms with van der Waals surface area (Å²) in [5.74, 6) is 0.127. The van der Waals surface area contributed by atoms with Crippen molar-refractivity contribution in [3.63, 3.8) is 0 Å². The fraction of sp³-hybridized carbons (Fsp3) is 0.533. The van der Waals surface area contributed by atoms with Crippen LogP contribution in [0.3, 0.4) is 0 Å². The Morgan fingerprint density at radius 2 is 2.26 bits per heavy atom. The second-order valence-electron chi connectivity index (χ2n) is 5.48. The molecule has 19 heavy (non-hydrogen) atoms. The van der Waals surface area contributed by atoms with E-state index in [0.29, 0.717) is 6.42 Å². The second kappa shape index (κ2) is 6.06. The molecule has 0 spiro atoms. The van der Waals surface area contributed by atoms with Crippen molar-refractivity contribution in [3.8, 4) is 0 Å². The molecule has 104 valence electrons. The molecule has 1 aliphatic heterocycles. The van der Waals surface area contributed by atoms with E-state index in [2.05, 4.69) is 16.3 Å². The van der Waals surface area contributed by atoms with Crippen molar-refractivity contribution in [1.29, 1.82) is 0 Å². The van der Waals surface area contributed by atoms with Crippen LogP contribution < -0.4 is 11.1 Å². The molecule has 3 N–H and O–H groups in total. The molecule has 1 aromatic carbocycles. The quantitative estimate of drug-likeness (QED) is 0.808. The third-order valence-corrected chi connectivity index (χ3v) is 3.49. The van der Waals surface area contributed by atoms with Crippen LogP contribution in [0.25, 0.3) is 0 Å². The number of nitrogen functional groups attached to an aromatic ring is 1. The zero-order valence-electron chi connectivity index (χ0n) is 11.8. The lowest BCUT2D eigenvalue weighted by atomic mass is 9.98. The lowest BCUT2D eigenvalue weighted by Crippen LogP contribution is -2.36. The lowest BCUT2D eigenvalue weighted by molar-refractivity contribution is -0.121. The molecule has 0 bridgehead atoms. The van der Waals surface area contributed by atoms with Gasteiger partial charge in [-0.1, -0.05) is 12.1 Å². The normalized spacial score (nSPS) is 15.3. The number of benzene rings is 1. The van der Waals surface area contributed by atoms with Crippen LogP contribution in [0, 0.1) is 0 Å². The van der Waals surface area contributed by atoms with Crippen molar-refractivity contribution in [3.05, 3.63) is 29.3 Å². The van der Waals surface area contributed by atoms with Gasteiger partial charge in [0.25, 0.3) is 0 Å². The molecule has 4 heteroatoms. The Bertz CT molecular complexity index is 457. The molecule has 0 unspecified atom stereocenters. The van der Waals surface area contributed by atoms with Crippen molar-refractivity contribution in [2.24, 2.45) is 0 Å². The third-order valence-electron chi connectivity index (χ3n) is 3.49. The van der Waals surface area contributed by atoms with Gasteiger partial charge < -0.3 is 11.1 Å². The summed E-state index contributed by atoms with van der Waals surface area (Å²) in [5, 5.41) is 2.92. The highest BCUT2D eigenvalue weighted by atomic mass is 16.1. The first kappa shape index (κ1) is 13.9. The molecule has 0 aromatic heterocycles. The van der Waals surface area contributed by atoms with Gasteiger partial charge in [-0.2, -0.15) is 0 Å². The smallest absolute Gasteiger partial charge is 0.221 e. The number of carbonyl (C=O) groups excluding carboxylic acids is 1. The summed E-state index contributed by atoms with van der Waals surface area (Å²) in [6.45, 7) is 6.63. The molecule has 1 aromatic rings. The number of hydrogen-bond donors (Lipinski definition) is 2. The van der Waals surface area contributed by atoms with E-state index in [-0.39, 0.29) is 11.9 Å². The lowest BCUT2D eigenvalue weighted by Gasteiger charge is -2.29. The van der Waals surface area contributed by atoms with Crippen LogP contribution in [0.2, 0.25) is 0 Å². The number of amides is 1. The Kier molecular flexibility index (Phi) is 4.43. The zero-order valence-corrected chi connectivity index (χ0v) is 11.8. The molecule has 0 aliphatic carbocycles. The van der Waals surface area contributed by atoms with Gasteiger partial charge in [-0.3, -0.25) is 9.69 Å². The van der Waals surface area contributed by atoms with E-state index in [4.69, 9.17) is 5.73 Å².